The van der Waals surface area contributed by atoms with Crippen molar-refractivity contribution in [2.45, 2.75) is 32.3 Å². The average Bonchev–Trinajstić information content (AvgIpc) is 2.36. The molecule has 1 unspecified atom stereocenters. The fourth-order valence-corrected chi connectivity index (χ4v) is 1.84. The number of aliphatic carboxylic acids is 1. The van der Waals surface area contributed by atoms with Crippen LogP contribution in [0.25, 0.3) is 0 Å². The molecular formula is C12H22N2O4. The molecule has 1 atom stereocenters. The predicted molar refractivity (Wildman–Crippen MR) is 66.4 cm³/mol. The third kappa shape index (κ3) is 4.18. The first kappa shape index (κ1) is 14.8. The molecule has 1 fully saturated rings. The van der Waals surface area contributed by atoms with Crippen LogP contribution in [0.2, 0.25) is 0 Å². The number of rotatable bonds is 4. The maximum atomic E-state index is 11.9. The van der Waals surface area contributed by atoms with E-state index in [0.717, 1.165) is 6.42 Å². The Balaban J connectivity index is 2.44. The summed E-state index contributed by atoms with van der Waals surface area (Å²) in [4.78, 5) is 24.4. The monoisotopic (exact) mass is 258 g/mol. The van der Waals surface area contributed by atoms with E-state index in [4.69, 9.17) is 9.84 Å². The van der Waals surface area contributed by atoms with E-state index in [2.05, 4.69) is 5.32 Å². The van der Waals surface area contributed by atoms with Gasteiger partial charge in [-0.25, -0.2) is 4.79 Å². The zero-order chi connectivity index (χ0) is 13.8. The Kier molecular flexibility index (Phi) is 4.95. The van der Waals surface area contributed by atoms with E-state index >= 15 is 0 Å². The topological polar surface area (TPSA) is 78.9 Å². The fraction of sp³-hybridized carbons (Fsp3) is 0.833. The van der Waals surface area contributed by atoms with Gasteiger partial charge in [-0.15, -0.1) is 0 Å². The van der Waals surface area contributed by atoms with Crippen molar-refractivity contribution < 1.29 is 19.4 Å². The maximum Gasteiger partial charge on any atom is 0.317 e. The molecule has 2 amide bonds. The molecule has 1 heterocycles. The SMILES string of the molecule is COC(C)(C)CNC(=O)N1CCCC(C(=O)O)C1. The molecule has 0 aromatic heterocycles. The maximum absolute atomic E-state index is 11.9. The summed E-state index contributed by atoms with van der Waals surface area (Å²) in [6, 6.07) is -0.217. The lowest BCUT2D eigenvalue weighted by atomic mass is 9.99. The number of carbonyl (C=O) groups excluding carboxylic acids is 1. The number of hydrogen-bond acceptors (Lipinski definition) is 3. The van der Waals surface area contributed by atoms with Gasteiger partial charge in [0.05, 0.1) is 11.5 Å². The standard InChI is InChI=1S/C12H22N2O4/c1-12(2,18-3)8-13-11(17)14-6-4-5-9(7-14)10(15)16/h9H,4-8H2,1-3H3,(H,13,17)(H,15,16). The number of ether oxygens (including phenoxy) is 1. The minimum absolute atomic E-state index is 0.217. The van der Waals surface area contributed by atoms with Crippen LogP contribution in [-0.2, 0) is 9.53 Å². The van der Waals surface area contributed by atoms with E-state index in [1.807, 2.05) is 13.8 Å². The summed E-state index contributed by atoms with van der Waals surface area (Å²) in [7, 11) is 1.59. The molecule has 6 heteroatoms. The molecular weight excluding hydrogens is 236 g/mol. The van der Waals surface area contributed by atoms with Crippen molar-refractivity contribution >= 4 is 12.0 Å². The molecule has 0 aliphatic carbocycles. The van der Waals surface area contributed by atoms with Gasteiger partial charge in [0, 0.05) is 26.7 Å². The number of nitrogens with one attached hydrogen (secondary N) is 1. The van der Waals surface area contributed by atoms with Crippen LogP contribution in [-0.4, -0.2) is 54.4 Å². The Morgan fingerprint density at radius 3 is 2.72 bits per heavy atom. The van der Waals surface area contributed by atoms with Gasteiger partial charge in [-0.2, -0.15) is 0 Å². The fourth-order valence-electron chi connectivity index (χ4n) is 1.84. The molecule has 1 rings (SSSR count). The average molecular weight is 258 g/mol. The first-order chi connectivity index (χ1) is 8.35. The molecule has 1 saturated heterocycles. The molecule has 0 aromatic rings. The van der Waals surface area contributed by atoms with Gasteiger partial charge in [0.2, 0.25) is 0 Å². The van der Waals surface area contributed by atoms with Crippen LogP contribution in [0.3, 0.4) is 0 Å². The second-order valence-electron chi connectivity index (χ2n) is 5.25. The zero-order valence-electron chi connectivity index (χ0n) is 11.2. The molecule has 0 bridgehead atoms. The van der Waals surface area contributed by atoms with E-state index in [1.54, 1.807) is 12.0 Å². The summed E-state index contributed by atoms with van der Waals surface area (Å²) in [5.41, 5.74) is -0.419. The van der Waals surface area contributed by atoms with Crippen LogP contribution in [0.15, 0.2) is 0 Å². The number of methoxy groups -OCH3 is 1. The highest BCUT2D eigenvalue weighted by Crippen LogP contribution is 2.16. The number of amides is 2. The van der Waals surface area contributed by atoms with E-state index < -0.39 is 17.5 Å². The lowest BCUT2D eigenvalue weighted by Gasteiger charge is -2.32. The summed E-state index contributed by atoms with van der Waals surface area (Å²) < 4.78 is 5.21. The van der Waals surface area contributed by atoms with Crippen molar-refractivity contribution in [1.82, 2.24) is 10.2 Å². The summed E-state index contributed by atoms with van der Waals surface area (Å²) in [5, 5.41) is 11.7. The zero-order valence-corrected chi connectivity index (χ0v) is 11.2. The normalized spacial score (nSPS) is 20.6. The van der Waals surface area contributed by atoms with E-state index in [-0.39, 0.29) is 12.6 Å². The van der Waals surface area contributed by atoms with Crippen LogP contribution < -0.4 is 5.32 Å². The van der Waals surface area contributed by atoms with Crippen molar-refractivity contribution in [2.24, 2.45) is 5.92 Å². The Labute approximate surface area is 107 Å². The van der Waals surface area contributed by atoms with Crippen LogP contribution in [0.5, 0.6) is 0 Å². The predicted octanol–water partition coefficient (Wildman–Crippen LogP) is 0.918. The summed E-state index contributed by atoms with van der Waals surface area (Å²) in [5.74, 6) is -1.27. The molecule has 0 saturated carbocycles. The second-order valence-corrected chi connectivity index (χ2v) is 5.25. The molecule has 0 radical (unpaired) electrons. The van der Waals surface area contributed by atoms with Crippen molar-refractivity contribution in [3.05, 3.63) is 0 Å². The van der Waals surface area contributed by atoms with E-state index in [9.17, 15) is 9.59 Å². The van der Waals surface area contributed by atoms with Crippen molar-refractivity contribution in [2.75, 3.05) is 26.7 Å². The Hall–Kier alpha value is -1.30. The van der Waals surface area contributed by atoms with Gasteiger partial charge in [0.1, 0.15) is 0 Å². The molecule has 2 N–H and O–H groups in total. The van der Waals surface area contributed by atoms with Crippen LogP contribution in [0.1, 0.15) is 26.7 Å². The number of nitrogens with zero attached hydrogens (tertiary/aromatic N) is 1. The van der Waals surface area contributed by atoms with Gasteiger partial charge in [0.25, 0.3) is 0 Å². The van der Waals surface area contributed by atoms with Crippen molar-refractivity contribution in [1.29, 1.82) is 0 Å². The van der Waals surface area contributed by atoms with Gasteiger partial charge >= 0.3 is 12.0 Å². The van der Waals surface area contributed by atoms with Crippen LogP contribution >= 0.6 is 0 Å². The van der Waals surface area contributed by atoms with Gasteiger partial charge in [0.15, 0.2) is 0 Å². The lowest BCUT2D eigenvalue weighted by molar-refractivity contribution is -0.143. The first-order valence-corrected chi connectivity index (χ1v) is 6.16. The Morgan fingerprint density at radius 2 is 2.17 bits per heavy atom. The molecule has 104 valence electrons. The van der Waals surface area contributed by atoms with Gasteiger partial charge < -0.3 is 20.1 Å². The number of carbonyl (C=O) groups is 2. The number of carboxylic acids is 1. The largest absolute Gasteiger partial charge is 0.481 e. The molecule has 1 aliphatic heterocycles. The number of hydrogen-bond donors (Lipinski definition) is 2. The summed E-state index contributed by atoms with van der Waals surface area (Å²) in [6.45, 7) is 5.06. The van der Waals surface area contributed by atoms with E-state index in [0.29, 0.717) is 19.5 Å². The quantitative estimate of drug-likeness (QED) is 0.786. The van der Waals surface area contributed by atoms with Crippen LogP contribution in [0, 0.1) is 5.92 Å². The van der Waals surface area contributed by atoms with Gasteiger partial charge in [-0.3, -0.25) is 4.79 Å². The van der Waals surface area contributed by atoms with Crippen LogP contribution in [0.4, 0.5) is 4.79 Å². The number of piperidine rings is 1. The Morgan fingerprint density at radius 1 is 1.50 bits per heavy atom. The molecule has 18 heavy (non-hydrogen) atoms. The summed E-state index contributed by atoms with van der Waals surface area (Å²) in [6.07, 6.45) is 1.38. The van der Waals surface area contributed by atoms with Crippen molar-refractivity contribution in [3.8, 4) is 0 Å². The van der Waals surface area contributed by atoms with Gasteiger partial charge in [-0.1, -0.05) is 0 Å². The first-order valence-electron chi connectivity index (χ1n) is 6.16. The van der Waals surface area contributed by atoms with Gasteiger partial charge in [-0.05, 0) is 26.7 Å². The third-order valence-corrected chi connectivity index (χ3v) is 3.28. The molecule has 6 nitrogen and oxygen atoms in total. The minimum Gasteiger partial charge on any atom is -0.481 e. The highest BCUT2D eigenvalue weighted by atomic mass is 16.5. The minimum atomic E-state index is -0.829. The highest BCUT2D eigenvalue weighted by molar-refractivity contribution is 5.76. The molecule has 0 spiro atoms. The smallest absolute Gasteiger partial charge is 0.317 e. The summed E-state index contributed by atoms with van der Waals surface area (Å²) >= 11 is 0. The van der Waals surface area contributed by atoms with Crippen molar-refractivity contribution in [3.63, 3.8) is 0 Å². The number of likely N-dealkylation sites (tertiary alicyclic amines) is 1. The second kappa shape index (κ2) is 6.04. The third-order valence-electron chi connectivity index (χ3n) is 3.28. The molecule has 1 aliphatic rings. The molecule has 0 aromatic carbocycles. The number of carboxylic acid groups (broad SMARTS) is 1. The Bertz CT molecular complexity index is 317. The lowest BCUT2D eigenvalue weighted by Crippen LogP contribution is -2.50. The van der Waals surface area contributed by atoms with E-state index in [1.165, 1.54) is 0 Å². The highest BCUT2D eigenvalue weighted by Gasteiger charge is 2.28. The number of urea groups is 1.